The Hall–Kier alpha value is -4.42. The van der Waals surface area contributed by atoms with Gasteiger partial charge in [0.05, 0.1) is 16.6 Å². The monoisotopic (exact) mass is 628 g/mol. The van der Waals surface area contributed by atoms with Crippen molar-refractivity contribution in [3.8, 4) is 11.3 Å². The summed E-state index contributed by atoms with van der Waals surface area (Å²) in [5, 5.41) is 13.1. The van der Waals surface area contributed by atoms with E-state index in [9.17, 15) is 36.2 Å². The van der Waals surface area contributed by atoms with Crippen LogP contribution < -0.4 is 4.90 Å². The normalized spacial score (nSPS) is 18.4. The number of halogens is 6. The molecule has 0 radical (unpaired) electrons. The second-order valence-corrected chi connectivity index (χ2v) is 12.2. The second-order valence-electron chi connectivity index (χ2n) is 12.2. The predicted octanol–water partition coefficient (Wildman–Crippen LogP) is 8.36. The third-order valence-corrected chi connectivity index (χ3v) is 9.14. The maximum atomic E-state index is 13.8. The molecule has 1 N–H and O–H groups in total. The van der Waals surface area contributed by atoms with Crippen LogP contribution in [-0.4, -0.2) is 39.3 Å². The molecule has 3 aliphatic rings. The molecule has 1 spiro atoms. The number of carbonyl (C=O) groups is 1. The fourth-order valence-corrected chi connectivity index (χ4v) is 6.68. The average Bonchev–Trinajstić information content (AvgIpc) is 3.74. The van der Waals surface area contributed by atoms with Crippen LogP contribution in [0.15, 0.2) is 52.8 Å². The predicted molar refractivity (Wildman–Crippen MR) is 152 cm³/mol. The van der Waals surface area contributed by atoms with E-state index >= 15 is 0 Å². The van der Waals surface area contributed by atoms with Gasteiger partial charge in [-0.25, -0.2) is 9.78 Å². The molecular formula is C32H26F6N4O3. The number of carboxylic acids is 1. The number of benzene rings is 1. The zero-order chi connectivity index (χ0) is 31.7. The van der Waals surface area contributed by atoms with Crippen LogP contribution in [0.1, 0.15) is 77.4 Å². The van der Waals surface area contributed by atoms with Crippen LogP contribution in [0.4, 0.5) is 32.0 Å². The third kappa shape index (κ3) is 5.42. The number of pyridine rings is 2. The highest BCUT2D eigenvalue weighted by atomic mass is 19.4. The van der Waals surface area contributed by atoms with Crippen LogP contribution in [0.2, 0.25) is 0 Å². The Morgan fingerprint density at radius 1 is 1.00 bits per heavy atom. The summed E-state index contributed by atoms with van der Waals surface area (Å²) in [5.74, 6) is -0.788. The lowest BCUT2D eigenvalue weighted by Gasteiger charge is -2.50. The first-order valence-electron chi connectivity index (χ1n) is 14.5. The van der Waals surface area contributed by atoms with Crippen molar-refractivity contribution in [2.45, 2.75) is 56.8 Å². The van der Waals surface area contributed by atoms with E-state index in [-0.39, 0.29) is 33.5 Å². The number of allylic oxidation sites excluding steroid dienone is 1. The standard InChI is InChI=1S/C32H26F6N4O3/c33-31(34,35)23-13-26(29(43)44)40-25-4-3-19(12-21(23)25)42-9-6-30(7-10-42)14-17(15-30)11-22-27(41-45-28(22)18-1-2-18)20-5-8-39-16-24(20)32(36,37)38/h3-5,8,11-13,16,18H,1-2,6-7,9-10,14-15H2,(H,43,44). The lowest BCUT2D eigenvalue weighted by atomic mass is 9.60. The number of alkyl halides is 6. The molecule has 1 aromatic carbocycles. The maximum absolute atomic E-state index is 13.8. The van der Waals surface area contributed by atoms with Gasteiger partial charge < -0.3 is 14.5 Å². The number of aromatic carboxylic acids is 1. The van der Waals surface area contributed by atoms with E-state index in [2.05, 4.69) is 15.1 Å². The molecule has 0 unspecified atom stereocenters. The quantitative estimate of drug-likeness (QED) is 0.222. The number of rotatable bonds is 5. The van der Waals surface area contributed by atoms with Crippen molar-refractivity contribution < 1.29 is 40.8 Å². The third-order valence-electron chi connectivity index (χ3n) is 9.14. The number of carboxylic acid groups (broad SMARTS) is 1. The van der Waals surface area contributed by atoms with E-state index in [0.717, 1.165) is 50.3 Å². The van der Waals surface area contributed by atoms with Crippen LogP contribution >= 0.6 is 0 Å². The first-order valence-corrected chi connectivity index (χ1v) is 14.5. The Morgan fingerprint density at radius 2 is 1.71 bits per heavy atom. The molecule has 3 aromatic heterocycles. The van der Waals surface area contributed by atoms with Crippen molar-refractivity contribution in [1.82, 2.24) is 15.1 Å². The Balaban J connectivity index is 1.10. The summed E-state index contributed by atoms with van der Waals surface area (Å²) < 4.78 is 88.4. The Bertz CT molecular complexity index is 1840. The molecule has 1 saturated heterocycles. The number of piperidine rings is 1. The summed E-state index contributed by atoms with van der Waals surface area (Å²) in [4.78, 5) is 20.9. The smallest absolute Gasteiger partial charge is 0.418 e. The first kappa shape index (κ1) is 29.3. The Labute approximate surface area is 252 Å². The topological polar surface area (TPSA) is 92.3 Å². The van der Waals surface area contributed by atoms with Gasteiger partial charge in [-0.2, -0.15) is 26.3 Å². The van der Waals surface area contributed by atoms with Gasteiger partial charge in [0.1, 0.15) is 17.1 Å². The number of nitrogens with zero attached hydrogens (tertiary/aromatic N) is 4. The summed E-state index contributed by atoms with van der Waals surface area (Å²) in [6, 6.07) is 6.37. The molecule has 2 aliphatic carbocycles. The van der Waals surface area contributed by atoms with E-state index in [1.165, 1.54) is 24.4 Å². The van der Waals surface area contributed by atoms with Crippen molar-refractivity contribution >= 4 is 28.6 Å². The fraction of sp³-hybridized carbons (Fsp3) is 0.375. The molecule has 4 aromatic rings. The lowest BCUT2D eigenvalue weighted by molar-refractivity contribution is -0.137. The highest BCUT2D eigenvalue weighted by molar-refractivity contribution is 5.93. The molecule has 234 valence electrons. The molecule has 0 bridgehead atoms. The van der Waals surface area contributed by atoms with Crippen LogP contribution in [-0.2, 0) is 12.4 Å². The van der Waals surface area contributed by atoms with Crippen LogP contribution in [0.25, 0.3) is 28.2 Å². The van der Waals surface area contributed by atoms with Gasteiger partial charge in [-0.3, -0.25) is 4.98 Å². The van der Waals surface area contributed by atoms with Crippen molar-refractivity contribution in [3.05, 3.63) is 76.4 Å². The molecule has 7 rings (SSSR count). The second kappa shape index (κ2) is 10.3. The summed E-state index contributed by atoms with van der Waals surface area (Å²) >= 11 is 0. The van der Waals surface area contributed by atoms with Crippen LogP contribution in [0.5, 0.6) is 0 Å². The SMILES string of the molecule is O=C(O)c1cc(C(F)(F)F)c2cc(N3CCC4(CC3)CC(=Cc3c(-c5ccncc5C(F)(F)F)noc3C3CC3)C4)ccc2n1. The number of fused-ring (bicyclic) bond motifs is 1. The number of hydrogen-bond acceptors (Lipinski definition) is 6. The molecule has 0 amide bonds. The highest BCUT2D eigenvalue weighted by Crippen LogP contribution is 2.55. The molecule has 3 fully saturated rings. The van der Waals surface area contributed by atoms with Crippen LogP contribution in [0, 0.1) is 5.41 Å². The number of anilines is 1. The van der Waals surface area contributed by atoms with Gasteiger partial charge in [0.15, 0.2) is 0 Å². The van der Waals surface area contributed by atoms with Crippen molar-refractivity contribution in [2.75, 3.05) is 18.0 Å². The van der Waals surface area contributed by atoms with Gasteiger partial charge >= 0.3 is 18.3 Å². The summed E-state index contributed by atoms with van der Waals surface area (Å²) in [7, 11) is 0. The minimum atomic E-state index is -4.75. The van der Waals surface area contributed by atoms with Crippen molar-refractivity contribution in [2.24, 2.45) is 5.41 Å². The van der Waals surface area contributed by atoms with E-state index in [1.54, 1.807) is 6.07 Å². The minimum absolute atomic E-state index is 0.000868. The average molecular weight is 629 g/mol. The van der Waals surface area contributed by atoms with Gasteiger partial charge in [0, 0.05) is 53.6 Å². The fourth-order valence-electron chi connectivity index (χ4n) is 6.68. The maximum Gasteiger partial charge on any atom is 0.418 e. The molecule has 0 atom stereocenters. The molecule has 2 saturated carbocycles. The van der Waals surface area contributed by atoms with Gasteiger partial charge in [0.25, 0.3) is 0 Å². The number of aromatic nitrogens is 3. The minimum Gasteiger partial charge on any atom is -0.477 e. The molecule has 45 heavy (non-hydrogen) atoms. The molecular weight excluding hydrogens is 602 g/mol. The zero-order valence-corrected chi connectivity index (χ0v) is 23.7. The first-order chi connectivity index (χ1) is 21.3. The summed E-state index contributed by atoms with van der Waals surface area (Å²) in [5.41, 5.74) is -0.237. The zero-order valence-electron chi connectivity index (χ0n) is 23.7. The summed E-state index contributed by atoms with van der Waals surface area (Å²) in [6.45, 7) is 1.22. The van der Waals surface area contributed by atoms with E-state index in [0.29, 0.717) is 36.2 Å². The highest BCUT2D eigenvalue weighted by Gasteiger charge is 2.44. The van der Waals surface area contributed by atoms with Gasteiger partial charge in [-0.15, -0.1) is 0 Å². The lowest BCUT2D eigenvalue weighted by Crippen LogP contribution is -2.44. The molecule has 13 heteroatoms. The van der Waals surface area contributed by atoms with Crippen LogP contribution in [0.3, 0.4) is 0 Å². The molecule has 1 aliphatic heterocycles. The Kier molecular flexibility index (Phi) is 6.71. The summed E-state index contributed by atoms with van der Waals surface area (Å²) in [6.07, 6.45) is -0.428. The van der Waals surface area contributed by atoms with E-state index in [1.807, 2.05) is 11.0 Å². The molecule has 4 heterocycles. The Morgan fingerprint density at radius 3 is 2.36 bits per heavy atom. The number of hydrogen-bond donors (Lipinski definition) is 1. The largest absolute Gasteiger partial charge is 0.477 e. The van der Waals surface area contributed by atoms with Gasteiger partial charge in [-0.1, -0.05) is 10.7 Å². The van der Waals surface area contributed by atoms with Crippen molar-refractivity contribution in [3.63, 3.8) is 0 Å². The van der Waals surface area contributed by atoms with E-state index < -0.39 is 35.1 Å². The van der Waals surface area contributed by atoms with Gasteiger partial charge in [-0.05, 0) is 80.3 Å². The van der Waals surface area contributed by atoms with E-state index in [4.69, 9.17) is 4.52 Å². The van der Waals surface area contributed by atoms with Crippen molar-refractivity contribution in [1.29, 1.82) is 0 Å². The molecule has 7 nitrogen and oxygen atoms in total. The van der Waals surface area contributed by atoms with Gasteiger partial charge in [0.2, 0.25) is 0 Å².